The van der Waals surface area contributed by atoms with Crippen molar-refractivity contribution >= 4 is 5.78 Å². The number of carbonyl (C=O) groups is 1. The van der Waals surface area contributed by atoms with E-state index in [9.17, 15) is 4.79 Å². The van der Waals surface area contributed by atoms with Gasteiger partial charge in [-0.1, -0.05) is 20.8 Å². The van der Waals surface area contributed by atoms with Gasteiger partial charge >= 0.3 is 0 Å². The SMILES string of the molecule is CCCN(CCN(C)C)CC1CCC(C)(C)C1=O. The molecule has 1 saturated carbocycles. The first-order valence-electron chi connectivity index (χ1n) is 7.28. The molecule has 1 aliphatic carbocycles. The molecule has 1 aliphatic rings. The van der Waals surface area contributed by atoms with Crippen LogP contribution < -0.4 is 0 Å². The van der Waals surface area contributed by atoms with Crippen molar-refractivity contribution < 1.29 is 4.79 Å². The zero-order chi connectivity index (χ0) is 13.8. The van der Waals surface area contributed by atoms with Gasteiger partial charge in [-0.2, -0.15) is 0 Å². The molecule has 1 atom stereocenters. The molecular formula is C15H30N2O. The first-order chi connectivity index (χ1) is 8.36. The van der Waals surface area contributed by atoms with Gasteiger partial charge in [0.25, 0.3) is 0 Å². The summed E-state index contributed by atoms with van der Waals surface area (Å²) in [5, 5.41) is 0. The number of likely N-dealkylation sites (N-methyl/N-ethyl adjacent to an activating group) is 1. The Morgan fingerprint density at radius 3 is 2.33 bits per heavy atom. The Labute approximate surface area is 113 Å². The van der Waals surface area contributed by atoms with Crippen LogP contribution in [0.2, 0.25) is 0 Å². The fourth-order valence-corrected chi connectivity index (χ4v) is 2.78. The summed E-state index contributed by atoms with van der Waals surface area (Å²) in [6, 6.07) is 0. The van der Waals surface area contributed by atoms with E-state index in [1.54, 1.807) is 0 Å². The molecule has 1 unspecified atom stereocenters. The molecule has 0 radical (unpaired) electrons. The van der Waals surface area contributed by atoms with Crippen LogP contribution in [0.15, 0.2) is 0 Å². The van der Waals surface area contributed by atoms with E-state index in [-0.39, 0.29) is 11.3 Å². The maximum absolute atomic E-state index is 12.3. The number of Topliss-reactive ketones (excluding diaryl/α,β-unsaturated/α-hetero) is 1. The van der Waals surface area contributed by atoms with Crippen LogP contribution in [0.3, 0.4) is 0 Å². The molecule has 0 N–H and O–H groups in total. The molecule has 0 aromatic heterocycles. The Morgan fingerprint density at radius 1 is 1.22 bits per heavy atom. The van der Waals surface area contributed by atoms with E-state index >= 15 is 0 Å². The van der Waals surface area contributed by atoms with Crippen molar-refractivity contribution in [3.05, 3.63) is 0 Å². The maximum atomic E-state index is 12.3. The molecular weight excluding hydrogens is 224 g/mol. The summed E-state index contributed by atoms with van der Waals surface area (Å²) < 4.78 is 0. The third-order valence-corrected chi connectivity index (χ3v) is 4.04. The number of hydrogen-bond donors (Lipinski definition) is 0. The van der Waals surface area contributed by atoms with E-state index < -0.39 is 0 Å². The standard InChI is InChI=1S/C15H30N2O/c1-6-9-17(11-10-16(4)5)12-13-7-8-15(2,3)14(13)18/h13H,6-12H2,1-5H3. The predicted octanol–water partition coefficient (Wildman–Crippen LogP) is 2.27. The van der Waals surface area contributed by atoms with Crippen LogP contribution in [0.4, 0.5) is 0 Å². The summed E-state index contributed by atoms with van der Waals surface area (Å²) in [5.74, 6) is 0.752. The van der Waals surface area contributed by atoms with E-state index in [0.29, 0.717) is 5.78 Å². The van der Waals surface area contributed by atoms with Crippen molar-refractivity contribution in [3.63, 3.8) is 0 Å². The summed E-state index contributed by atoms with van der Waals surface area (Å²) in [7, 11) is 4.21. The second-order valence-electron chi connectivity index (χ2n) is 6.59. The van der Waals surface area contributed by atoms with Crippen molar-refractivity contribution in [2.24, 2.45) is 11.3 Å². The summed E-state index contributed by atoms with van der Waals surface area (Å²) in [6.45, 7) is 10.6. The van der Waals surface area contributed by atoms with Crippen molar-refractivity contribution in [2.45, 2.75) is 40.0 Å². The first kappa shape index (κ1) is 15.6. The minimum Gasteiger partial charge on any atom is -0.308 e. The van der Waals surface area contributed by atoms with Crippen LogP contribution >= 0.6 is 0 Å². The number of rotatable bonds is 7. The molecule has 0 aromatic rings. The predicted molar refractivity (Wildman–Crippen MR) is 76.8 cm³/mol. The molecule has 1 rings (SSSR count). The molecule has 3 nitrogen and oxygen atoms in total. The van der Waals surface area contributed by atoms with Crippen LogP contribution in [0.1, 0.15) is 40.0 Å². The van der Waals surface area contributed by atoms with Crippen molar-refractivity contribution in [1.29, 1.82) is 0 Å². The molecule has 0 saturated heterocycles. The van der Waals surface area contributed by atoms with Crippen molar-refractivity contribution in [2.75, 3.05) is 40.3 Å². The van der Waals surface area contributed by atoms with Gasteiger partial charge in [0, 0.05) is 31.0 Å². The van der Waals surface area contributed by atoms with Gasteiger partial charge in [0.1, 0.15) is 5.78 Å². The molecule has 3 heteroatoms. The Morgan fingerprint density at radius 2 is 1.89 bits per heavy atom. The van der Waals surface area contributed by atoms with Crippen LogP contribution in [-0.4, -0.2) is 55.9 Å². The van der Waals surface area contributed by atoms with E-state index in [0.717, 1.165) is 45.4 Å². The van der Waals surface area contributed by atoms with Gasteiger partial charge < -0.3 is 9.80 Å². The van der Waals surface area contributed by atoms with E-state index in [1.165, 1.54) is 0 Å². The lowest BCUT2D eigenvalue weighted by Gasteiger charge is -2.26. The van der Waals surface area contributed by atoms with Gasteiger partial charge in [0.05, 0.1) is 0 Å². The lowest BCUT2D eigenvalue weighted by molar-refractivity contribution is -0.128. The lowest BCUT2D eigenvalue weighted by atomic mass is 9.89. The quantitative estimate of drug-likeness (QED) is 0.696. The summed E-state index contributed by atoms with van der Waals surface area (Å²) in [5.41, 5.74) is -0.0793. The third-order valence-electron chi connectivity index (χ3n) is 4.04. The summed E-state index contributed by atoms with van der Waals surface area (Å²) in [6.07, 6.45) is 3.30. The lowest BCUT2D eigenvalue weighted by Crippen LogP contribution is -2.38. The molecule has 0 heterocycles. The normalized spacial score (nSPS) is 23.3. The Balaban J connectivity index is 2.48. The third kappa shape index (κ3) is 4.36. The van der Waals surface area contributed by atoms with E-state index in [1.807, 2.05) is 0 Å². The highest BCUT2D eigenvalue weighted by molar-refractivity contribution is 5.88. The zero-order valence-electron chi connectivity index (χ0n) is 12.8. The summed E-state index contributed by atoms with van der Waals surface area (Å²) >= 11 is 0. The molecule has 1 fully saturated rings. The van der Waals surface area contributed by atoms with Crippen LogP contribution in [-0.2, 0) is 4.79 Å². The van der Waals surface area contributed by atoms with Crippen molar-refractivity contribution in [1.82, 2.24) is 9.80 Å². The van der Waals surface area contributed by atoms with Gasteiger partial charge in [-0.15, -0.1) is 0 Å². The van der Waals surface area contributed by atoms with Gasteiger partial charge in [-0.05, 0) is 39.9 Å². The van der Waals surface area contributed by atoms with Crippen LogP contribution in [0, 0.1) is 11.3 Å². The molecule has 18 heavy (non-hydrogen) atoms. The van der Waals surface area contributed by atoms with Gasteiger partial charge in [-0.3, -0.25) is 4.79 Å². The molecule has 0 spiro atoms. The van der Waals surface area contributed by atoms with Gasteiger partial charge in [-0.25, -0.2) is 0 Å². The second kappa shape index (κ2) is 6.67. The van der Waals surface area contributed by atoms with Crippen LogP contribution in [0.5, 0.6) is 0 Å². The molecule has 0 bridgehead atoms. The zero-order valence-corrected chi connectivity index (χ0v) is 12.8. The van der Waals surface area contributed by atoms with Crippen LogP contribution in [0.25, 0.3) is 0 Å². The fourth-order valence-electron chi connectivity index (χ4n) is 2.78. The highest BCUT2D eigenvalue weighted by atomic mass is 16.1. The highest BCUT2D eigenvalue weighted by Crippen LogP contribution is 2.37. The Bertz CT molecular complexity index is 274. The largest absolute Gasteiger partial charge is 0.308 e. The topological polar surface area (TPSA) is 23.6 Å². The maximum Gasteiger partial charge on any atom is 0.142 e. The molecule has 106 valence electrons. The molecule has 0 amide bonds. The number of carbonyl (C=O) groups excluding carboxylic acids is 1. The smallest absolute Gasteiger partial charge is 0.142 e. The minimum absolute atomic E-state index is 0.0793. The summed E-state index contributed by atoms with van der Waals surface area (Å²) in [4.78, 5) is 16.9. The number of nitrogens with zero attached hydrogens (tertiary/aromatic N) is 2. The fraction of sp³-hybridized carbons (Fsp3) is 0.933. The highest BCUT2D eigenvalue weighted by Gasteiger charge is 2.40. The Kier molecular flexibility index (Phi) is 5.80. The average Bonchev–Trinajstić information content (AvgIpc) is 2.53. The number of hydrogen-bond acceptors (Lipinski definition) is 3. The average molecular weight is 254 g/mol. The van der Waals surface area contributed by atoms with Crippen molar-refractivity contribution in [3.8, 4) is 0 Å². The molecule has 0 aliphatic heterocycles. The monoisotopic (exact) mass is 254 g/mol. The number of ketones is 1. The second-order valence-corrected chi connectivity index (χ2v) is 6.59. The van der Waals surface area contributed by atoms with Gasteiger partial charge in [0.15, 0.2) is 0 Å². The minimum atomic E-state index is -0.0793. The Hall–Kier alpha value is -0.410. The first-order valence-corrected chi connectivity index (χ1v) is 7.28. The van der Waals surface area contributed by atoms with E-state index in [2.05, 4.69) is 44.7 Å². The van der Waals surface area contributed by atoms with E-state index in [4.69, 9.17) is 0 Å². The van der Waals surface area contributed by atoms with Gasteiger partial charge in [0.2, 0.25) is 0 Å². The molecule has 0 aromatic carbocycles.